The van der Waals surface area contributed by atoms with Gasteiger partial charge in [-0.2, -0.15) is 0 Å². The van der Waals surface area contributed by atoms with Crippen LogP contribution < -0.4 is 0 Å². The molecule has 0 unspecified atom stereocenters. The van der Waals surface area contributed by atoms with Crippen molar-refractivity contribution in [1.82, 2.24) is 19.6 Å². The Balaban J connectivity index is 2.65. The van der Waals surface area contributed by atoms with Gasteiger partial charge in [-0.1, -0.05) is 222 Å². The first-order valence-electron chi connectivity index (χ1n) is 31.2. The Morgan fingerprint density at radius 1 is 0.534 bits per heavy atom. The zero-order valence-electron chi connectivity index (χ0n) is 50.5. The lowest BCUT2D eigenvalue weighted by Gasteiger charge is -2.35. The molecule has 0 spiro atoms. The van der Waals surface area contributed by atoms with Crippen LogP contribution in [0.15, 0.2) is 0 Å². The van der Waals surface area contributed by atoms with Gasteiger partial charge in [0.15, 0.2) is 0 Å². The van der Waals surface area contributed by atoms with Crippen LogP contribution in [-0.2, 0) is 28.7 Å². The first-order valence-corrected chi connectivity index (χ1v) is 31.2. The van der Waals surface area contributed by atoms with E-state index in [4.69, 9.17) is 9.47 Å². The third kappa shape index (κ3) is 32.2. The molecule has 1 aliphatic rings. The van der Waals surface area contributed by atoms with Gasteiger partial charge in [0.2, 0.25) is 11.8 Å². The van der Waals surface area contributed by atoms with E-state index in [1.807, 2.05) is 30.9 Å². The number of esters is 2. The molecule has 1 rings (SSSR count). The molecule has 1 heterocycles. The molecule has 1 aliphatic heterocycles. The summed E-state index contributed by atoms with van der Waals surface area (Å²) in [6.07, 6.45) is 40.3. The molecule has 1 fully saturated rings. The summed E-state index contributed by atoms with van der Waals surface area (Å²) in [5, 5.41) is 0. The highest BCUT2D eigenvalue weighted by Crippen LogP contribution is 2.31. The molecule has 430 valence electrons. The smallest absolute Gasteiger partial charge is 0.323 e. The van der Waals surface area contributed by atoms with E-state index >= 15 is 0 Å². The van der Waals surface area contributed by atoms with Crippen molar-refractivity contribution in [2.75, 3.05) is 61.0 Å². The minimum absolute atomic E-state index is 0.217. The normalized spacial score (nSPS) is 15.5. The minimum atomic E-state index is -0.420. The van der Waals surface area contributed by atoms with Crippen LogP contribution in [0.1, 0.15) is 287 Å². The maximum absolute atomic E-state index is 14.0. The van der Waals surface area contributed by atoms with Gasteiger partial charge in [-0.05, 0) is 77.9 Å². The van der Waals surface area contributed by atoms with Crippen molar-refractivity contribution in [2.24, 2.45) is 16.7 Å². The van der Waals surface area contributed by atoms with Crippen molar-refractivity contribution in [3.8, 4) is 0 Å². The summed E-state index contributed by atoms with van der Waals surface area (Å²) in [5.74, 6) is 0.891. The van der Waals surface area contributed by atoms with Gasteiger partial charge in [-0.25, -0.2) is 0 Å². The second kappa shape index (κ2) is 41.9. The van der Waals surface area contributed by atoms with Crippen LogP contribution in [0.4, 0.5) is 0 Å². The lowest BCUT2D eigenvalue weighted by atomic mass is 9.84. The first-order chi connectivity index (χ1) is 34.9. The average molecular weight is 1030 g/mol. The number of rotatable bonds is 48. The molecule has 1 saturated heterocycles. The molecule has 2 amide bonds. The quantitative estimate of drug-likeness (QED) is 0.0439. The fraction of sp³-hybridized carbons (Fsp3) is 0.937. The number of ether oxygens (including phenoxy) is 2. The molecule has 2 atom stereocenters. The maximum Gasteiger partial charge on any atom is 0.323 e. The Bertz CT molecular complexity index is 1380. The van der Waals surface area contributed by atoms with Gasteiger partial charge in [0.05, 0.1) is 13.0 Å². The fourth-order valence-corrected chi connectivity index (χ4v) is 11.3. The van der Waals surface area contributed by atoms with Crippen LogP contribution in [0, 0.1) is 16.7 Å². The SMILES string of the molecule is CCCCCCCCC(CCCCCCCC)N(C)C(=O)C(C)(C)CCCCCCOC(=O)[C@@H]1C[C@H](OC(=O)CCN(C)C)CN1CCCCCCC(C)(C)C(=O)N(C)CCCC(CCCCC)CCCCC. The summed E-state index contributed by atoms with van der Waals surface area (Å²) in [6, 6.07) is -0.0949. The van der Waals surface area contributed by atoms with Gasteiger partial charge in [0, 0.05) is 57.0 Å². The number of carbonyl (C=O) groups is 4. The van der Waals surface area contributed by atoms with Gasteiger partial charge in [0.1, 0.15) is 12.1 Å². The highest BCUT2D eigenvalue weighted by Gasteiger charge is 2.39. The van der Waals surface area contributed by atoms with Crippen molar-refractivity contribution in [1.29, 1.82) is 0 Å². The summed E-state index contributed by atoms with van der Waals surface area (Å²) < 4.78 is 11.8. The summed E-state index contributed by atoms with van der Waals surface area (Å²) in [5.41, 5.74) is -0.795. The minimum Gasteiger partial charge on any atom is -0.465 e. The molecule has 73 heavy (non-hydrogen) atoms. The highest BCUT2D eigenvalue weighted by atomic mass is 16.5. The van der Waals surface area contributed by atoms with E-state index in [1.165, 1.54) is 135 Å². The molecule has 0 aromatic rings. The van der Waals surface area contributed by atoms with Crippen molar-refractivity contribution in [3.05, 3.63) is 0 Å². The van der Waals surface area contributed by atoms with E-state index in [9.17, 15) is 19.2 Å². The summed E-state index contributed by atoms with van der Waals surface area (Å²) in [6.45, 7) is 20.7. The number of likely N-dealkylation sites (tertiary alicyclic amines) is 1. The molecule has 0 saturated carbocycles. The number of hydrogen-bond donors (Lipinski definition) is 0. The summed E-state index contributed by atoms with van der Waals surface area (Å²) in [7, 11) is 7.95. The molecule has 0 bridgehead atoms. The highest BCUT2D eigenvalue weighted by molar-refractivity contribution is 5.82. The van der Waals surface area contributed by atoms with E-state index < -0.39 is 11.5 Å². The van der Waals surface area contributed by atoms with Gasteiger partial charge in [0.25, 0.3) is 0 Å². The molecular formula is C63H122N4O6. The van der Waals surface area contributed by atoms with E-state index in [-0.39, 0.29) is 35.3 Å². The lowest BCUT2D eigenvalue weighted by molar-refractivity contribution is -0.151. The van der Waals surface area contributed by atoms with Gasteiger partial charge in [-0.15, -0.1) is 0 Å². The molecular weight excluding hydrogens is 909 g/mol. The Morgan fingerprint density at radius 3 is 1.53 bits per heavy atom. The van der Waals surface area contributed by atoms with Crippen molar-refractivity contribution in [2.45, 2.75) is 305 Å². The number of carbonyl (C=O) groups excluding carboxylic acids is 4. The van der Waals surface area contributed by atoms with Crippen LogP contribution >= 0.6 is 0 Å². The Morgan fingerprint density at radius 2 is 0.986 bits per heavy atom. The average Bonchev–Trinajstić information content (AvgIpc) is 3.76. The lowest BCUT2D eigenvalue weighted by Crippen LogP contribution is -2.44. The van der Waals surface area contributed by atoms with Gasteiger partial charge < -0.3 is 24.2 Å². The first kappa shape index (κ1) is 68.8. The monoisotopic (exact) mass is 1030 g/mol. The number of amides is 2. The zero-order chi connectivity index (χ0) is 54.3. The second-order valence-corrected chi connectivity index (χ2v) is 24.6. The molecule has 10 heteroatoms. The van der Waals surface area contributed by atoms with E-state index in [0.717, 1.165) is 102 Å². The van der Waals surface area contributed by atoms with Crippen molar-refractivity contribution in [3.63, 3.8) is 0 Å². The van der Waals surface area contributed by atoms with Crippen LogP contribution in [-0.4, -0.2) is 123 Å². The topological polar surface area (TPSA) is 99.7 Å². The third-order valence-electron chi connectivity index (χ3n) is 16.3. The Hall–Kier alpha value is -2.20. The van der Waals surface area contributed by atoms with Crippen molar-refractivity contribution >= 4 is 23.8 Å². The molecule has 0 radical (unpaired) electrons. The van der Waals surface area contributed by atoms with Gasteiger partial charge >= 0.3 is 11.9 Å². The number of nitrogens with zero attached hydrogens (tertiary/aromatic N) is 4. The van der Waals surface area contributed by atoms with Crippen molar-refractivity contribution < 1.29 is 28.7 Å². The zero-order valence-corrected chi connectivity index (χ0v) is 50.5. The molecule has 10 nitrogen and oxygen atoms in total. The Kier molecular flexibility index (Phi) is 39.5. The standard InChI is InChI=1S/C63H122N4O6/c1-13-17-21-23-25-33-43-55(44-34-26-24-22-18-14-2)66(12)61(71)63(7,8)47-36-28-30-38-51-72-59(69)57-52-56(73-58(68)45-50-64(9)10)53-67(57)49-37-29-27-35-46-62(5,6)60(70)65(11)48-39-42-54(40-31-19-15-3)41-32-20-16-4/h54-57H,13-53H2,1-12H3/t56-,57-/m0/s1. The second-order valence-electron chi connectivity index (χ2n) is 24.6. The largest absolute Gasteiger partial charge is 0.465 e. The fourth-order valence-electron chi connectivity index (χ4n) is 11.3. The molecule has 0 aromatic carbocycles. The maximum atomic E-state index is 14.0. The van der Waals surface area contributed by atoms with Gasteiger partial charge in [-0.3, -0.25) is 24.1 Å². The number of unbranched alkanes of at least 4 members (excludes halogenated alkanes) is 20. The van der Waals surface area contributed by atoms with Crippen LogP contribution in [0.25, 0.3) is 0 Å². The Labute approximate surface area is 452 Å². The number of hydrogen-bond acceptors (Lipinski definition) is 8. The molecule has 0 aromatic heterocycles. The van der Waals surface area contributed by atoms with Crippen LogP contribution in [0.2, 0.25) is 0 Å². The molecule has 0 aliphatic carbocycles. The van der Waals surface area contributed by atoms with E-state index in [1.54, 1.807) is 0 Å². The van der Waals surface area contributed by atoms with Crippen LogP contribution in [0.3, 0.4) is 0 Å². The third-order valence-corrected chi connectivity index (χ3v) is 16.3. The predicted octanol–water partition coefficient (Wildman–Crippen LogP) is 15.8. The van der Waals surface area contributed by atoms with E-state index in [0.29, 0.717) is 38.6 Å². The summed E-state index contributed by atoms with van der Waals surface area (Å²) in [4.78, 5) is 62.2. The summed E-state index contributed by atoms with van der Waals surface area (Å²) >= 11 is 0. The predicted molar refractivity (Wildman–Crippen MR) is 309 cm³/mol. The molecule has 0 N–H and O–H groups in total. The van der Waals surface area contributed by atoms with E-state index in [2.05, 4.69) is 72.2 Å². The van der Waals surface area contributed by atoms with Crippen LogP contribution in [0.5, 0.6) is 0 Å².